The molecule has 1 fully saturated rings. The van der Waals surface area contributed by atoms with Gasteiger partial charge in [0.1, 0.15) is 0 Å². The molecule has 0 aromatic heterocycles. The quantitative estimate of drug-likeness (QED) is 0.872. The minimum atomic E-state index is 0.605. The fourth-order valence-electron chi connectivity index (χ4n) is 2.49. The highest BCUT2D eigenvalue weighted by atomic mass is 15.2. The largest absolute Gasteiger partial charge is 0.371 e. The maximum absolute atomic E-state index is 5.80. The number of nitrogens with zero attached hydrogens (tertiary/aromatic N) is 1. The minimum Gasteiger partial charge on any atom is -0.371 e. The molecule has 0 saturated heterocycles. The summed E-state index contributed by atoms with van der Waals surface area (Å²) in [4.78, 5) is 2.41. The van der Waals surface area contributed by atoms with E-state index >= 15 is 0 Å². The fraction of sp³-hybridized carbons (Fsp3) is 0.333. The van der Waals surface area contributed by atoms with Gasteiger partial charge in [-0.25, -0.2) is 0 Å². The van der Waals surface area contributed by atoms with Gasteiger partial charge in [-0.3, -0.25) is 0 Å². The van der Waals surface area contributed by atoms with Crippen molar-refractivity contribution in [3.63, 3.8) is 0 Å². The molecule has 17 heavy (non-hydrogen) atoms. The van der Waals surface area contributed by atoms with Gasteiger partial charge < -0.3 is 10.6 Å². The van der Waals surface area contributed by atoms with Gasteiger partial charge in [-0.15, -0.1) is 0 Å². The number of benzene rings is 2. The van der Waals surface area contributed by atoms with Crippen molar-refractivity contribution < 1.29 is 0 Å². The predicted molar refractivity (Wildman–Crippen MR) is 73.3 cm³/mol. The van der Waals surface area contributed by atoms with Crippen molar-refractivity contribution in [1.29, 1.82) is 0 Å². The number of anilines is 1. The van der Waals surface area contributed by atoms with E-state index in [0.717, 1.165) is 6.04 Å². The highest BCUT2D eigenvalue weighted by Gasteiger charge is 2.27. The number of rotatable bonds is 3. The van der Waals surface area contributed by atoms with E-state index in [-0.39, 0.29) is 0 Å². The topological polar surface area (TPSA) is 29.3 Å². The molecule has 1 saturated carbocycles. The maximum Gasteiger partial charge on any atom is 0.0446 e. The molecule has 0 atom stereocenters. The van der Waals surface area contributed by atoms with Crippen molar-refractivity contribution >= 4 is 16.5 Å². The van der Waals surface area contributed by atoms with E-state index in [9.17, 15) is 0 Å². The zero-order valence-corrected chi connectivity index (χ0v) is 10.2. The predicted octanol–water partition coefficient (Wildman–Crippen LogP) is 2.90. The van der Waals surface area contributed by atoms with Crippen LogP contribution in [0.1, 0.15) is 18.4 Å². The molecule has 0 spiro atoms. The number of hydrogen-bond acceptors (Lipinski definition) is 2. The molecule has 2 nitrogen and oxygen atoms in total. The monoisotopic (exact) mass is 226 g/mol. The smallest absolute Gasteiger partial charge is 0.0446 e. The fourth-order valence-corrected chi connectivity index (χ4v) is 2.49. The highest BCUT2D eigenvalue weighted by Crippen LogP contribution is 2.35. The molecule has 0 amide bonds. The Kier molecular flexibility index (Phi) is 2.52. The van der Waals surface area contributed by atoms with E-state index < -0.39 is 0 Å². The highest BCUT2D eigenvalue weighted by molar-refractivity contribution is 5.96. The van der Waals surface area contributed by atoms with Crippen molar-refractivity contribution in [2.75, 3.05) is 11.9 Å². The Bertz CT molecular complexity index is 544. The first-order valence-electron chi connectivity index (χ1n) is 6.25. The second-order valence-corrected chi connectivity index (χ2v) is 4.84. The SMILES string of the molecule is CN(c1ccc(CN)c2ccccc12)C1CC1. The van der Waals surface area contributed by atoms with E-state index in [2.05, 4.69) is 48.3 Å². The first-order valence-corrected chi connectivity index (χ1v) is 6.25. The molecular formula is C15H18N2. The lowest BCUT2D eigenvalue weighted by Crippen LogP contribution is -2.19. The van der Waals surface area contributed by atoms with Gasteiger partial charge in [0, 0.05) is 30.7 Å². The first kappa shape index (κ1) is 10.6. The van der Waals surface area contributed by atoms with Crippen molar-refractivity contribution in [1.82, 2.24) is 0 Å². The molecule has 2 heteroatoms. The van der Waals surface area contributed by atoms with Crippen LogP contribution in [0.2, 0.25) is 0 Å². The Balaban J connectivity index is 2.18. The first-order chi connectivity index (χ1) is 8.31. The van der Waals surface area contributed by atoms with Crippen LogP contribution < -0.4 is 10.6 Å². The van der Waals surface area contributed by atoms with Crippen molar-refractivity contribution in [2.24, 2.45) is 5.73 Å². The van der Waals surface area contributed by atoms with Gasteiger partial charge in [-0.2, -0.15) is 0 Å². The van der Waals surface area contributed by atoms with E-state index in [4.69, 9.17) is 5.73 Å². The van der Waals surface area contributed by atoms with Crippen molar-refractivity contribution in [3.05, 3.63) is 42.0 Å². The molecule has 2 N–H and O–H groups in total. The summed E-state index contributed by atoms with van der Waals surface area (Å²) in [5.74, 6) is 0. The van der Waals surface area contributed by atoms with Crippen LogP contribution in [0.4, 0.5) is 5.69 Å². The number of fused-ring (bicyclic) bond motifs is 1. The summed E-state index contributed by atoms with van der Waals surface area (Å²) in [6.45, 7) is 0.605. The average Bonchev–Trinajstić information content (AvgIpc) is 3.21. The molecule has 0 heterocycles. The van der Waals surface area contributed by atoms with Crippen LogP contribution in [0.3, 0.4) is 0 Å². The van der Waals surface area contributed by atoms with Gasteiger partial charge in [0.25, 0.3) is 0 Å². The zero-order valence-electron chi connectivity index (χ0n) is 10.2. The standard InChI is InChI=1S/C15H18N2/c1-17(12-7-8-12)15-9-6-11(10-16)13-4-2-3-5-14(13)15/h2-6,9,12H,7-8,10,16H2,1H3. The molecule has 0 aliphatic heterocycles. The lowest BCUT2D eigenvalue weighted by Gasteiger charge is -2.21. The lowest BCUT2D eigenvalue weighted by molar-refractivity contribution is 0.921. The zero-order chi connectivity index (χ0) is 11.8. The third-order valence-electron chi connectivity index (χ3n) is 3.69. The summed E-state index contributed by atoms with van der Waals surface area (Å²) < 4.78 is 0. The van der Waals surface area contributed by atoms with E-state index in [0.29, 0.717) is 6.54 Å². The van der Waals surface area contributed by atoms with Gasteiger partial charge >= 0.3 is 0 Å². The van der Waals surface area contributed by atoms with Crippen LogP contribution in [0.5, 0.6) is 0 Å². The summed E-state index contributed by atoms with van der Waals surface area (Å²) in [5.41, 5.74) is 8.36. The van der Waals surface area contributed by atoms with Gasteiger partial charge in [-0.1, -0.05) is 30.3 Å². The Labute approximate surface area is 102 Å². The third kappa shape index (κ3) is 1.79. The molecule has 0 bridgehead atoms. The van der Waals surface area contributed by atoms with Crippen LogP contribution in [0.15, 0.2) is 36.4 Å². The van der Waals surface area contributed by atoms with Gasteiger partial charge in [0.05, 0.1) is 0 Å². The van der Waals surface area contributed by atoms with E-state index in [1.807, 2.05) is 0 Å². The summed E-state index contributed by atoms with van der Waals surface area (Å²) in [7, 11) is 2.20. The number of hydrogen-bond donors (Lipinski definition) is 1. The van der Waals surface area contributed by atoms with Crippen LogP contribution in [0, 0.1) is 0 Å². The molecule has 2 aromatic carbocycles. The number of nitrogens with two attached hydrogens (primary N) is 1. The van der Waals surface area contributed by atoms with Crippen LogP contribution in [0.25, 0.3) is 10.8 Å². The Morgan fingerprint density at radius 1 is 1.12 bits per heavy atom. The molecular weight excluding hydrogens is 208 g/mol. The molecule has 2 aromatic rings. The van der Waals surface area contributed by atoms with Gasteiger partial charge in [-0.05, 0) is 29.9 Å². The van der Waals surface area contributed by atoms with Crippen LogP contribution in [-0.2, 0) is 6.54 Å². The second kappa shape index (κ2) is 4.04. The second-order valence-electron chi connectivity index (χ2n) is 4.84. The van der Waals surface area contributed by atoms with E-state index in [1.54, 1.807) is 0 Å². The average molecular weight is 226 g/mol. The maximum atomic E-state index is 5.80. The van der Waals surface area contributed by atoms with Gasteiger partial charge in [0.2, 0.25) is 0 Å². The van der Waals surface area contributed by atoms with Crippen molar-refractivity contribution in [2.45, 2.75) is 25.4 Å². The Hall–Kier alpha value is -1.54. The summed E-state index contributed by atoms with van der Waals surface area (Å²) >= 11 is 0. The third-order valence-corrected chi connectivity index (χ3v) is 3.69. The summed E-state index contributed by atoms with van der Waals surface area (Å²) in [5, 5.41) is 2.62. The van der Waals surface area contributed by atoms with E-state index in [1.165, 1.54) is 34.9 Å². The molecule has 88 valence electrons. The Morgan fingerprint density at radius 2 is 1.82 bits per heavy atom. The molecule has 1 aliphatic rings. The van der Waals surface area contributed by atoms with Crippen molar-refractivity contribution in [3.8, 4) is 0 Å². The Morgan fingerprint density at radius 3 is 2.47 bits per heavy atom. The van der Waals surface area contributed by atoms with Crippen LogP contribution in [-0.4, -0.2) is 13.1 Å². The molecule has 1 aliphatic carbocycles. The summed E-state index contributed by atoms with van der Waals surface area (Å²) in [6.07, 6.45) is 2.65. The van der Waals surface area contributed by atoms with Gasteiger partial charge in [0.15, 0.2) is 0 Å². The minimum absolute atomic E-state index is 0.605. The molecule has 0 radical (unpaired) electrons. The molecule has 0 unspecified atom stereocenters. The summed E-state index contributed by atoms with van der Waals surface area (Å²) in [6, 6.07) is 13.7. The lowest BCUT2D eigenvalue weighted by atomic mass is 10.0. The normalized spacial score (nSPS) is 15.2. The molecule has 3 rings (SSSR count). The van der Waals surface area contributed by atoms with Crippen LogP contribution >= 0.6 is 0 Å².